The van der Waals surface area contributed by atoms with E-state index in [1.54, 1.807) is 0 Å². The summed E-state index contributed by atoms with van der Waals surface area (Å²) in [5, 5.41) is 8.85. The summed E-state index contributed by atoms with van der Waals surface area (Å²) in [7, 11) is 0. The maximum absolute atomic E-state index is 12.5. The number of carbonyl (C=O) groups excluding carboxylic acids is 1. The van der Waals surface area contributed by atoms with E-state index in [-0.39, 0.29) is 18.9 Å². The summed E-state index contributed by atoms with van der Waals surface area (Å²) in [6.07, 6.45) is 0.474. The number of carboxylic acid groups (broad SMARTS) is 1. The molecule has 0 bridgehead atoms. The quantitative estimate of drug-likeness (QED) is 0.806. The Kier molecular flexibility index (Phi) is 6.37. The van der Waals surface area contributed by atoms with Crippen LogP contribution < -0.4 is 10.6 Å². The van der Waals surface area contributed by atoms with Crippen LogP contribution in [0.2, 0.25) is 0 Å². The van der Waals surface area contributed by atoms with Gasteiger partial charge in [-0.1, -0.05) is 31.5 Å². The fourth-order valence-electron chi connectivity index (χ4n) is 2.11. The topological polar surface area (TPSA) is 83.6 Å². The normalized spacial score (nSPS) is 12.2. The molecular weight excluding hydrogens is 268 g/mol. The highest BCUT2D eigenvalue weighted by molar-refractivity contribution is 5.97. The van der Waals surface area contributed by atoms with E-state index < -0.39 is 12.0 Å². The summed E-state index contributed by atoms with van der Waals surface area (Å²) in [4.78, 5) is 24.7. The van der Waals surface area contributed by atoms with Crippen LogP contribution in [0.15, 0.2) is 24.3 Å². The van der Waals surface area contributed by atoms with Gasteiger partial charge < -0.3 is 15.7 Å². The zero-order valence-electron chi connectivity index (χ0n) is 12.9. The van der Waals surface area contributed by atoms with Gasteiger partial charge in [0.25, 0.3) is 0 Å². The smallest absolute Gasteiger partial charge is 0.305 e. The number of carbonyl (C=O) groups is 2. The molecule has 1 aromatic carbocycles. The van der Waals surface area contributed by atoms with Crippen LogP contribution in [-0.2, 0) is 9.59 Å². The summed E-state index contributed by atoms with van der Waals surface area (Å²) in [5.41, 5.74) is 7.72. The molecule has 0 unspecified atom stereocenters. The zero-order valence-corrected chi connectivity index (χ0v) is 12.9. The average Bonchev–Trinajstić information content (AvgIpc) is 2.39. The maximum atomic E-state index is 12.5. The first kappa shape index (κ1) is 17.2. The van der Waals surface area contributed by atoms with Crippen LogP contribution in [0.5, 0.6) is 0 Å². The average molecular weight is 292 g/mol. The number of aryl methyl sites for hydroxylation is 1. The van der Waals surface area contributed by atoms with Crippen molar-refractivity contribution in [2.24, 2.45) is 11.7 Å². The molecule has 0 aliphatic rings. The minimum atomic E-state index is -0.933. The van der Waals surface area contributed by atoms with Crippen molar-refractivity contribution in [2.75, 3.05) is 11.4 Å². The van der Waals surface area contributed by atoms with Gasteiger partial charge in [0.05, 0.1) is 12.5 Å². The molecular formula is C16H24N2O3. The molecule has 0 saturated heterocycles. The lowest BCUT2D eigenvalue weighted by molar-refractivity contribution is -0.136. The fraction of sp³-hybridized carbons (Fsp3) is 0.500. The number of nitrogens with zero attached hydrogens (tertiary/aromatic N) is 1. The Morgan fingerprint density at radius 2 is 1.81 bits per heavy atom. The van der Waals surface area contributed by atoms with Crippen molar-refractivity contribution in [3.63, 3.8) is 0 Å². The van der Waals surface area contributed by atoms with Crippen molar-refractivity contribution >= 4 is 17.6 Å². The van der Waals surface area contributed by atoms with E-state index in [9.17, 15) is 9.59 Å². The Labute approximate surface area is 125 Å². The number of nitrogens with two attached hydrogens (primary N) is 1. The predicted molar refractivity (Wildman–Crippen MR) is 83.2 cm³/mol. The van der Waals surface area contributed by atoms with Crippen LogP contribution in [0.25, 0.3) is 0 Å². The first-order valence-corrected chi connectivity index (χ1v) is 7.16. The van der Waals surface area contributed by atoms with Crippen LogP contribution in [-0.4, -0.2) is 29.6 Å². The predicted octanol–water partition coefficient (Wildman–Crippen LogP) is 2.18. The van der Waals surface area contributed by atoms with Gasteiger partial charge in [-0.2, -0.15) is 0 Å². The molecule has 116 valence electrons. The Morgan fingerprint density at radius 1 is 1.24 bits per heavy atom. The molecule has 0 fully saturated rings. The van der Waals surface area contributed by atoms with Gasteiger partial charge in [-0.15, -0.1) is 0 Å². The Bertz CT molecular complexity index is 483. The van der Waals surface area contributed by atoms with Gasteiger partial charge >= 0.3 is 5.97 Å². The number of carboxylic acids is 1. The first-order valence-electron chi connectivity index (χ1n) is 7.16. The monoisotopic (exact) mass is 292 g/mol. The lowest BCUT2D eigenvalue weighted by Crippen LogP contribution is -2.45. The lowest BCUT2D eigenvalue weighted by atomic mass is 10.0. The third kappa shape index (κ3) is 5.55. The number of hydrogen-bond acceptors (Lipinski definition) is 3. The van der Waals surface area contributed by atoms with Gasteiger partial charge in [-0.25, -0.2) is 0 Å². The van der Waals surface area contributed by atoms with Crippen molar-refractivity contribution in [3.8, 4) is 0 Å². The maximum Gasteiger partial charge on any atom is 0.305 e. The van der Waals surface area contributed by atoms with Crippen molar-refractivity contribution in [1.82, 2.24) is 0 Å². The lowest BCUT2D eigenvalue weighted by Gasteiger charge is -2.26. The summed E-state index contributed by atoms with van der Waals surface area (Å²) in [6.45, 7) is 6.09. The number of aliphatic carboxylic acids is 1. The molecule has 0 aliphatic carbocycles. The molecule has 0 heterocycles. The van der Waals surface area contributed by atoms with Crippen LogP contribution in [0.3, 0.4) is 0 Å². The Balaban J connectivity index is 2.93. The molecule has 0 saturated carbocycles. The summed E-state index contributed by atoms with van der Waals surface area (Å²) >= 11 is 0. The van der Waals surface area contributed by atoms with Crippen molar-refractivity contribution < 1.29 is 14.7 Å². The molecule has 5 nitrogen and oxygen atoms in total. The highest BCUT2D eigenvalue weighted by Gasteiger charge is 2.23. The minimum absolute atomic E-state index is 0.103. The van der Waals surface area contributed by atoms with E-state index in [0.29, 0.717) is 18.0 Å². The standard InChI is InChI=1S/C16H24N2O3/c1-11(2)10-14(17)16(21)18(9-8-15(19)20)13-6-4-12(3)5-7-13/h4-7,11,14H,8-10,17H2,1-3H3,(H,19,20)/t14-/m0/s1. The van der Waals surface area contributed by atoms with Gasteiger partial charge in [0.1, 0.15) is 0 Å². The molecule has 1 amide bonds. The molecule has 1 aromatic rings. The van der Waals surface area contributed by atoms with Gasteiger partial charge in [-0.05, 0) is 31.4 Å². The van der Waals surface area contributed by atoms with Gasteiger partial charge in [-0.3, -0.25) is 9.59 Å². The molecule has 5 heteroatoms. The second kappa shape index (κ2) is 7.78. The number of benzene rings is 1. The summed E-state index contributed by atoms with van der Waals surface area (Å²) < 4.78 is 0. The zero-order chi connectivity index (χ0) is 16.0. The van der Waals surface area contributed by atoms with Gasteiger partial charge in [0.2, 0.25) is 5.91 Å². The van der Waals surface area contributed by atoms with Crippen LogP contribution in [0.4, 0.5) is 5.69 Å². The SMILES string of the molecule is Cc1ccc(N(CCC(=O)O)C(=O)[C@@H](N)CC(C)C)cc1. The number of rotatable bonds is 7. The molecule has 0 radical (unpaired) electrons. The largest absolute Gasteiger partial charge is 0.481 e. The van der Waals surface area contributed by atoms with E-state index in [2.05, 4.69) is 0 Å². The number of amides is 1. The third-order valence-corrected chi connectivity index (χ3v) is 3.20. The summed E-state index contributed by atoms with van der Waals surface area (Å²) in [5.74, 6) is -0.852. The molecule has 0 spiro atoms. The van der Waals surface area contributed by atoms with Gasteiger partial charge in [0.15, 0.2) is 0 Å². The Hall–Kier alpha value is -1.88. The molecule has 0 aromatic heterocycles. The summed E-state index contributed by atoms with van der Waals surface area (Å²) in [6, 6.07) is 6.81. The fourth-order valence-corrected chi connectivity index (χ4v) is 2.11. The van der Waals surface area contributed by atoms with E-state index in [0.717, 1.165) is 5.56 Å². The van der Waals surface area contributed by atoms with E-state index in [1.165, 1.54) is 4.90 Å². The second-order valence-electron chi connectivity index (χ2n) is 5.71. The molecule has 0 aliphatic heterocycles. The minimum Gasteiger partial charge on any atom is -0.481 e. The van der Waals surface area contributed by atoms with E-state index in [4.69, 9.17) is 10.8 Å². The first-order chi connectivity index (χ1) is 9.81. The van der Waals surface area contributed by atoms with Crippen molar-refractivity contribution in [3.05, 3.63) is 29.8 Å². The molecule has 1 rings (SSSR count). The number of anilines is 1. The second-order valence-corrected chi connectivity index (χ2v) is 5.71. The van der Waals surface area contributed by atoms with Crippen molar-refractivity contribution in [1.29, 1.82) is 0 Å². The molecule has 21 heavy (non-hydrogen) atoms. The van der Waals surface area contributed by atoms with E-state index >= 15 is 0 Å². The highest BCUT2D eigenvalue weighted by atomic mass is 16.4. The van der Waals surface area contributed by atoms with Crippen LogP contribution >= 0.6 is 0 Å². The van der Waals surface area contributed by atoms with Crippen LogP contribution in [0, 0.1) is 12.8 Å². The number of hydrogen-bond donors (Lipinski definition) is 2. The highest BCUT2D eigenvalue weighted by Crippen LogP contribution is 2.18. The van der Waals surface area contributed by atoms with E-state index in [1.807, 2.05) is 45.0 Å². The van der Waals surface area contributed by atoms with Crippen LogP contribution in [0.1, 0.15) is 32.3 Å². The Morgan fingerprint density at radius 3 is 2.29 bits per heavy atom. The molecule has 3 N–H and O–H groups in total. The van der Waals surface area contributed by atoms with Gasteiger partial charge in [0, 0.05) is 12.2 Å². The third-order valence-electron chi connectivity index (χ3n) is 3.20. The van der Waals surface area contributed by atoms with Crippen molar-refractivity contribution in [2.45, 2.75) is 39.7 Å². The molecule has 1 atom stereocenters.